The molecule has 2 aliphatic rings. The molecule has 2 aromatic rings. The van der Waals surface area contributed by atoms with Crippen molar-refractivity contribution in [2.45, 2.75) is 39.0 Å². The monoisotopic (exact) mass is 496 g/mol. The highest BCUT2D eigenvalue weighted by molar-refractivity contribution is 6.08. The number of rotatable bonds is 3. The largest absolute Gasteiger partial charge is 0.416 e. The van der Waals surface area contributed by atoms with E-state index in [4.69, 9.17) is 0 Å². The molecule has 0 spiro atoms. The summed E-state index contributed by atoms with van der Waals surface area (Å²) in [6, 6.07) is 6.42. The average Bonchev–Trinajstić information content (AvgIpc) is 3.06. The number of carbonyl (C=O) groups excluding carboxylic acids is 2. The third-order valence-corrected chi connectivity index (χ3v) is 6.70. The zero-order valence-electron chi connectivity index (χ0n) is 18.8. The summed E-state index contributed by atoms with van der Waals surface area (Å²) in [5.74, 6) is -1.89. The first kappa shape index (κ1) is 24.8. The van der Waals surface area contributed by atoms with Crippen LogP contribution in [0.5, 0.6) is 0 Å². The topological polar surface area (TPSA) is 49.4 Å². The molecule has 2 atom stereocenters. The van der Waals surface area contributed by atoms with Crippen molar-refractivity contribution in [3.8, 4) is 0 Å². The molecule has 0 bridgehead atoms. The minimum atomic E-state index is -5.04. The molecule has 0 radical (unpaired) electrons. The summed E-state index contributed by atoms with van der Waals surface area (Å²) in [4.78, 5) is 28.4. The van der Waals surface area contributed by atoms with Crippen LogP contribution in [0.4, 0.5) is 37.7 Å². The molecule has 186 valence electrons. The van der Waals surface area contributed by atoms with E-state index in [2.05, 4.69) is 5.32 Å². The van der Waals surface area contributed by atoms with E-state index in [1.807, 2.05) is 32.0 Å². The molecule has 0 aromatic heterocycles. The van der Waals surface area contributed by atoms with Gasteiger partial charge in [-0.3, -0.25) is 9.59 Å². The van der Waals surface area contributed by atoms with Crippen LogP contribution in [0.15, 0.2) is 48.6 Å². The highest BCUT2D eigenvalue weighted by Crippen LogP contribution is 2.48. The Bertz CT molecular complexity index is 1160. The number of alkyl halides is 6. The summed E-state index contributed by atoms with van der Waals surface area (Å²) in [5.41, 5.74) is -2.75. The zero-order chi connectivity index (χ0) is 25.8. The summed E-state index contributed by atoms with van der Waals surface area (Å²) >= 11 is 0. The van der Waals surface area contributed by atoms with Crippen molar-refractivity contribution in [3.05, 3.63) is 70.8 Å². The maximum absolute atomic E-state index is 13.5. The van der Waals surface area contributed by atoms with Gasteiger partial charge in [-0.1, -0.05) is 30.4 Å². The van der Waals surface area contributed by atoms with Gasteiger partial charge in [0.1, 0.15) is 0 Å². The van der Waals surface area contributed by atoms with Gasteiger partial charge < -0.3 is 10.2 Å². The third kappa shape index (κ3) is 4.41. The van der Waals surface area contributed by atoms with Crippen molar-refractivity contribution in [2.24, 2.45) is 11.3 Å². The van der Waals surface area contributed by atoms with Crippen molar-refractivity contribution < 1.29 is 35.9 Å². The molecule has 1 aliphatic carbocycles. The van der Waals surface area contributed by atoms with E-state index >= 15 is 0 Å². The Labute approximate surface area is 197 Å². The highest BCUT2D eigenvalue weighted by Gasteiger charge is 2.57. The number of allylic oxidation sites excluding steroid dienone is 2. The lowest BCUT2D eigenvalue weighted by molar-refractivity contribution is -0.143. The van der Waals surface area contributed by atoms with Crippen LogP contribution in [0.25, 0.3) is 0 Å². The van der Waals surface area contributed by atoms with Crippen LogP contribution >= 0.6 is 0 Å². The molecule has 10 heteroatoms. The standard InChI is InChI=1S/C25H22F6N2O2/c1-14-6-5-7-15(2)20(14)33-13-23(9-4-3-8-19(23)21(33)34)22(35)32-18-11-16(24(26,27)28)10-17(12-18)25(29,30)31/h3-7,10-12,19H,8-9,13H2,1-2H3,(H,32,35)/t19-,23-/m1/s1. The van der Waals surface area contributed by atoms with E-state index in [9.17, 15) is 35.9 Å². The van der Waals surface area contributed by atoms with Crippen molar-refractivity contribution in [1.82, 2.24) is 0 Å². The Morgan fingerprint density at radius 1 is 0.971 bits per heavy atom. The summed E-state index contributed by atoms with van der Waals surface area (Å²) in [7, 11) is 0. The van der Waals surface area contributed by atoms with E-state index in [-0.39, 0.29) is 31.4 Å². The normalized spacial score (nSPS) is 22.3. The summed E-state index contributed by atoms with van der Waals surface area (Å²) in [6.45, 7) is 3.61. The Morgan fingerprint density at radius 2 is 1.54 bits per heavy atom. The number of amides is 2. The average molecular weight is 496 g/mol. The molecule has 4 rings (SSSR count). The van der Waals surface area contributed by atoms with Gasteiger partial charge in [-0.25, -0.2) is 0 Å². The van der Waals surface area contributed by atoms with Gasteiger partial charge >= 0.3 is 12.4 Å². The summed E-state index contributed by atoms with van der Waals surface area (Å²) in [6.07, 6.45) is -6.25. The van der Waals surface area contributed by atoms with Crippen LogP contribution in [0.3, 0.4) is 0 Å². The maximum Gasteiger partial charge on any atom is 0.416 e. The fraction of sp³-hybridized carbons (Fsp3) is 0.360. The predicted molar refractivity (Wildman–Crippen MR) is 118 cm³/mol. The Hall–Kier alpha value is -3.30. The van der Waals surface area contributed by atoms with E-state index in [1.165, 1.54) is 4.90 Å². The predicted octanol–water partition coefficient (Wildman–Crippen LogP) is 6.28. The minimum Gasteiger partial charge on any atom is -0.325 e. The first-order chi connectivity index (χ1) is 16.2. The quantitative estimate of drug-likeness (QED) is 0.402. The van der Waals surface area contributed by atoms with Crippen LogP contribution < -0.4 is 10.2 Å². The molecule has 1 N–H and O–H groups in total. The van der Waals surface area contributed by atoms with Crippen LogP contribution in [-0.2, 0) is 21.9 Å². The summed E-state index contributed by atoms with van der Waals surface area (Å²) < 4.78 is 79.6. The number of nitrogens with one attached hydrogen (secondary N) is 1. The van der Waals surface area contributed by atoms with E-state index in [0.29, 0.717) is 17.8 Å². The molecule has 1 saturated heterocycles. The second-order valence-corrected chi connectivity index (χ2v) is 9.03. The van der Waals surface area contributed by atoms with Crippen LogP contribution in [0, 0.1) is 25.2 Å². The minimum absolute atomic E-state index is 0.00186. The van der Waals surface area contributed by atoms with Gasteiger partial charge in [-0.2, -0.15) is 26.3 Å². The molecule has 0 saturated carbocycles. The van der Waals surface area contributed by atoms with Gasteiger partial charge in [0.2, 0.25) is 11.8 Å². The van der Waals surface area contributed by atoms with Gasteiger partial charge in [0.25, 0.3) is 0 Å². The second kappa shape index (κ2) is 8.42. The van der Waals surface area contributed by atoms with Crippen molar-refractivity contribution in [1.29, 1.82) is 0 Å². The number of hydrogen-bond acceptors (Lipinski definition) is 2. The molecule has 1 aliphatic heterocycles. The van der Waals surface area contributed by atoms with Gasteiger partial charge in [-0.15, -0.1) is 0 Å². The maximum atomic E-state index is 13.5. The van der Waals surface area contributed by atoms with Crippen LogP contribution in [0.1, 0.15) is 35.1 Å². The fourth-order valence-electron chi connectivity index (χ4n) is 4.98. The molecule has 35 heavy (non-hydrogen) atoms. The molecule has 2 amide bonds. The SMILES string of the molecule is Cc1cccc(C)c1N1C[C@]2(C(=O)Nc3cc(C(F)(F)F)cc(C(F)(F)F)c3)CC=CC[C@@H]2C1=O. The number of halogens is 6. The van der Waals surface area contributed by atoms with Crippen LogP contribution in [-0.4, -0.2) is 18.4 Å². The van der Waals surface area contributed by atoms with E-state index in [1.54, 1.807) is 12.2 Å². The summed E-state index contributed by atoms with van der Waals surface area (Å²) in [5, 5.41) is 2.27. The lowest BCUT2D eigenvalue weighted by atomic mass is 9.70. The Morgan fingerprint density at radius 3 is 2.09 bits per heavy atom. The van der Waals surface area contributed by atoms with Gasteiger partial charge in [0, 0.05) is 17.9 Å². The number of nitrogens with zero attached hydrogens (tertiary/aromatic N) is 1. The molecule has 4 nitrogen and oxygen atoms in total. The number of anilines is 2. The molecule has 2 aromatic carbocycles. The Kier molecular flexibility index (Phi) is 5.97. The number of para-hydroxylation sites is 1. The molecule has 1 fully saturated rings. The smallest absolute Gasteiger partial charge is 0.325 e. The van der Waals surface area contributed by atoms with E-state index in [0.717, 1.165) is 11.1 Å². The van der Waals surface area contributed by atoms with Gasteiger partial charge in [-0.05, 0) is 56.0 Å². The Balaban J connectivity index is 1.73. The lowest BCUT2D eigenvalue weighted by Gasteiger charge is -2.33. The zero-order valence-corrected chi connectivity index (χ0v) is 18.8. The van der Waals surface area contributed by atoms with Crippen molar-refractivity contribution in [3.63, 3.8) is 0 Å². The molecule has 1 heterocycles. The van der Waals surface area contributed by atoms with Crippen molar-refractivity contribution >= 4 is 23.2 Å². The molecular weight excluding hydrogens is 474 g/mol. The second-order valence-electron chi connectivity index (χ2n) is 9.03. The van der Waals surface area contributed by atoms with Gasteiger partial charge in [0.15, 0.2) is 0 Å². The number of hydrogen-bond donors (Lipinski definition) is 1. The highest BCUT2D eigenvalue weighted by atomic mass is 19.4. The number of carbonyl (C=O) groups is 2. The van der Waals surface area contributed by atoms with Crippen LogP contribution in [0.2, 0.25) is 0 Å². The van der Waals surface area contributed by atoms with Crippen molar-refractivity contribution in [2.75, 3.05) is 16.8 Å². The molecular formula is C25H22F6N2O2. The number of fused-ring (bicyclic) bond motifs is 1. The van der Waals surface area contributed by atoms with Gasteiger partial charge in [0.05, 0.1) is 22.5 Å². The fourth-order valence-corrected chi connectivity index (χ4v) is 4.98. The third-order valence-electron chi connectivity index (χ3n) is 6.70. The van der Waals surface area contributed by atoms with E-state index < -0.39 is 46.4 Å². The number of aryl methyl sites for hydroxylation is 2. The lowest BCUT2D eigenvalue weighted by Crippen LogP contribution is -2.44. The first-order valence-corrected chi connectivity index (χ1v) is 10.9. The number of benzene rings is 2. The molecule has 0 unspecified atom stereocenters. The first-order valence-electron chi connectivity index (χ1n) is 10.9.